The van der Waals surface area contributed by atoms with Crippen molar-refractivity contribution in [2.24, 2.45) is 0 Å². The molecule has 4 unspecified atom stereocenters. The molecule has 0 aromatic heterocycles. The van der Waals surface area contributed by atoms with Gasteiger partial charge in [0, 0.05) is 38.5 Å². The van der Waals surface area contributed by atoms with Gasteiger partial charge in [0.1, 0.15) is 12.7 Å². The summed E-state index contributed by atoms with van der Waals surface area (Å²) in [6.45, 7) is 4.16. The summed E-state index contributed by atoms with van der Waals surface area (Å²) in [4.78, 5) is 53.1. The van der Waals surface area contributed by atoms with Crippen molar-refractivity contribution in [1.29, 1.82) is 0 Å². The molecule has 3 heterocycles. The van der Waals surface area contributed by atoms with Gasteiger partial charge in [0.25, 0.3) is 5.91 Å². The Labute approximate surface area is 284 Å². The second-order valence-corrected chi connectivity index (χ2v) is 11.8. The van der Waals surface area contributed by atoms with Crippen LogP contribution in [0.25, 0.3) is 0 Å². The van der Waals surface area contributed by atoms with Crippen molar-refractivity contribution in [3.8, 4) is 11.5 Å². The monoisotopic (exact) mass is 675 g/mol. The fourth-order valence-corrected chi connectivity index (χ4v) is 5.59. The highest BCUT2D eigenvalue weighted by atomic mass is 16.7. The zero-order chi connectivity index (χ0) is 34.8. The molecule has 1 fully saturated rings. The quantitative estimate of drug-likeness (QED) is 0.321. The Morgan fingerprint density at radius 3 is 2.16 bits per heavy atom. The summed E-state index contributed by atoms with van der Waals surface area (Å²) in [6.07, 6.45) is -3.10. The van der Waals surface area contributed by atoms with Gasteiger partial charge in [-0.2, -0.15) is 0 Å². The van der Waals surface area contributed by atoms with Crippen molar-refractivity contribution in [3.63, 3.8) is 0 Å². The molecular weight excluding hydrogens is 634 g/mol. The maximum absolute atomic E-state index is 13.8. The molecule has 49 heavy (non-hydrogen) atoms. The largest absolute Gasteiger partial charge is 0.459 e. The van der Waals surface area contributed by atoms with Crippen molar-refractivity contribution in [3.05, 3.63) is 95.1 Å². The highest BCUT2D eigenvalue weighted by molar-refractivity contribution is 6.00. The topological polar surface area (TPSA) is 145 Å². The Hall–Kier alpha value is -4.78. The van der Waals surface area contributed by atoms with E-state index in [1.165, 1.54) is 6.42 Å². The maximum atomic E-state index is 13.8. The van der Waals surface area contributed by atoms with Crippen LogP contribution in [-0.4, -0.2) is 74.8 Å². The predicted molar refractivity (Wildman–Crippen MR) is 175 cm³/mol. The van der Waals surface area contributed by atoms with E-state index in [-0.39, 0.29) is 50.2 Å². The van der Waals surface area contributed by atoms with E-state index in [1.807, 2.05) is 0 Å². The van der Waals surface area contributed by atoms with E-state index < -0.39 is 42.4 Å². The Bertz CT molecular complexity index is 1600. The number of ether oxygens (including phenoxy) is 7. The average Bonchev–Trinajstić information content (AvgIpc) is 3.60. The first-order valence-electron chi connectivity index (χ1n) is 16.3. The average molecular weight is 676 g/mol. The van der Waals surface area contributed by atoms with Crippen LogP contribution in [0.3, 0.4) is 0 Å². The van der Waals surface area contributed by atoms with Gasteiger partial charge in [0.15, 0.2) is 23.6 Å². The van der Waals surface area contributed by atoms with Gasteiger partial charge < -0.3 is 38.5 Å². The van der Waals surface area contributed by atoms with E-state index in [2.05, 4.69) is 19.2 Å². The van der Waals surface area contributed by atoms with E-state index in [9.17, 15) is 19.2 Å². The van der Waals surface area contributed by atoms with Crippen molar-refractivity contribution in [1.82, 2.24) is 5.32 Å². The number of methoxy groups -OCH3 is 1. The van der Waals surface area contributed by atoms with Gasteiger partial charge in [-0.15, -0.1) is 0 Å². The minimum atomic E-state index is -1.51. The van der Waals surface area contributed by atoms with Gasteiger partial charge in [-0.25, -0.2) is 9.59 Å². The van der Waals surface area contributed by atoms with Gasteiger partial charge in [-0.05, 0) is 42.0 Å². The number of nitrogens with one attached hydrogen (secondary N) is 1. The van der Waals surface area contributed by atoms with Gasteiger partial charge in [0.05, 0.1) is 23.3 Å². The minimum absolute atomic E-state index is 0.0174. The molecule has 1 saturated heterocycles. The number of carbonyl (C=O) groups is 4. The Kier molecular flexibility index (Phi) is 12.4. The summed E-state index contributed by atoms with van der Waals surface area (Å²) in [5.41, 5.74) is 1.46. The number of esters is 2. The highest BCUT2D eigenvalue weighted by Gasteiger charge is 2.41. The fraction of sp³-hybridized carbons (Fsp3) is 0.405. The molecule has 12 heteroatoms. The summed E-state index contributed by atoms with van der Waals surface area (Å²) in [5, 5.41) is 2.78. The molecule has 0 radical (unpaired) electrons. The summed E-state index contributed by atoms with van der Waals surface area (Å²) in [5.74, 6) is -1.41. The van der Waals surface area contributed by atoms with Crippen LogP contribution in [0.5, 0.6) is 11.5 Å². The molecule has 0 bridgehead atoms. The fourth-order valence-electron chi connectivity index (χ4n) is 5.59. The number of hydrogen-bond donors (Lipinski definition) is 1. The van der Waals surface area contributed by atoms with E-state index in [0.29, 0.717) is 34.6 Å². The number of ketones is 1. The molecule has 0 saturated carbocycles. The van der Waals surface area contributed by atoms with Crippen LogP contribution in [0.1, 0.15) is 76.2 Å². The Morgan fingerprint density at radius 2 is 1.51 bits per heavy atom. The molecule has 1 amide bonds. The van der Waals surface area contributed by atoms with Crippen molar-refractivity contribution < 1.29 is 52.3 Å². The summed E-state index contributed by atoms with van der Waals surface area (Å²) >= 11 is 0. The molecule has 0 spiro atoms. The smallest absolute Gasteiger partial charge is 0.339 e. The van der Waals surface area contributed by atoms with Crippen LogP contribution >= 0.6 is 0 Å². The first-order chi connectivity index (χ1) is 23.8. The number of benzene rings is 3. The van der Waals surface area contributed by atoms with Crippen LogP contribution < -0.4 is 14.8 Å². The molecule has 260 valence electrons. The van der Waals surface area contributed by atoms with E-state index in [1.54, 1.807) is 79.9 Å². The number of fused-ring (bicyclic) bond motifs is 2. The zero-order valence-electron chi connectivity index (χ0n) is 27.8. The SMILES string of the molecule is CCC.COC1CC(COC(=O)c2ccccc2)OC(OC2CC(=O)c3cc4c(cc3CNC(=O)[C@H]2OC(=O)c2ccccc2)OCO4)C1. The summed E-state index contributed by atoms with van der Waals surface area (Å²) in [7, 11) is 1.54. The number of amides is 1. The standard InChI is InChI=1S/C34H33NO11.C3H8/c1-40-23-13-24(18-41-33(38)20-8-4-2-5-9-20)44-30(14-23)45-29-16-26(36)25-15-28-27(42-19-43-28)12-22(25)17-35-32(37)31(29)46-34(39)21-10-6-3-7-11-21;1-3-2/h2-12,15,23-24,29-31H,13-14,16-19H2,1H3,(H,35,37);3H2,1-2H3/t23?,24?,29?,30?,31-;/m0./s1. The lowest BCUT2D eigenvalue weighted by molar-refractivity contribution is -0.250. The number of carbonyl (C=O) groups excluding carboxylic acids is 4. The third-order valence-corrected chi connectivity index (χ3v) is 7.97. The predicted octanol–water partition coefficient (Wildman–Crippen LogP) is 5.02. The number of hydrogen-bond acceptors (Lipinski definition) is 11. The van der Waals surface area contributed by atoms with E-state index in [0.717, 1.165) is 0 Å². The molecule has 3 aromatic carbocycles. The molecule has 1 N–H and O–H groups in total. The first-order valence-corrected chi connectivity index (χ1v) is 16.3. The van der Waals surface area contributed by atoms with Gasteiger partial charge >= 0.3 is 11.9 Å². The zero-order valence-corrected chi connectivity index (χ0v) is 27.8. The molecule has 3 aromatic rings. The number of Topliss-reactive ketones (excluding diaryl/α,β-unsaturated/α-hetero) is 1. The van der Waals surface area contributed by atoms with Crippen LogP contribution in [-0.2, 0) is 35.0 Å². The number of rotatable bonds is 8. The molecule has 3 aliphatic heterocycles. The second-order valence-electron chi connectivity index (χ2n) is 11.8. The minimum Gasteiger partial charge on any atom is -0.459 e. The third kappa shape index (κ3) is 9.23. The molecule has 3 aliphatic rings. The first kappa shape index (κ1) is 35.5. The van der Waals surface area contributed by atoms with Crippen molar-refractivity contribution >= 4 is 23.6 Å². The van der Waals surface area contributed by atoms with Gasteiger partial charge in [-0.3, -0.25) is 9.59 Å². The summed E-state index contributed by atoms with van der Waals surface area (Å²) < 4.78 is 40.3. The van der Waals surface area contributed by atoms with Crippen LogP contribution in [0, 0.1) is 0 Å². The maximum Gasteiger partial charge on any atom is 0.339 e. The lowest BCUT2D eigenvalue weighted by atomic mass is 9.97. The second kappa shape index (κ2) is 17.0. The molecular formula is C37H41NO11. The molecule has 5 atom stereocenters. The van der Waals surface area contributed by atoms with E-state index in [4.69, 9.17) is 33.2 Å². The van der Waals surface area contributed by atoms with Crippen LogP contribution in [0.4, 0.5) is 0 Å². The lowest BCUT2D eigenvalue weighted by Gasteiger charge is -2.37. The molecule has 6 rings (SSSR count). The molecule has 0 aliphatic carbocycles. The normalized spacial score (nSPS) is 23.0. The third-order valence-electron chi connectivity index (χ3n) is 7.97. The van der Waals surface area contributed by atoms with Gasteiger partial charge in [0.2, 0.25) is 12.9 Å². The van der Waals surface area contributed by atoms with Crippen molar-refractivity contribution in [2.75, 3.05) is 20.5 Å². The highest BCUT2D eigenvalue weighted by Crippen LogP contribution is 2.36. The van der Waals surface area contributed by atoms with Crippen LogP contribution in [0.15, 0.2) is 72.8 Å². The van der Waals surface area contributed by atoms with Crippen LogP contribution in [0.2, 0.25) is 0 Å². The van der Waals surface area contributed by atoms with E-state index >= 15 is 0 Å². The van der Waals surface area contributed by atoms with Gasteiger partial charge in [-0.1, -0.05) is 56.7 Å². The lowest BCUT2D eigenvalue weighted by Crippen LogP contribution is -2.49. The Balaban J connectivity index is 0.00000151. The summed E-state index contributed by atoms with van der Waals surface area (Å²) in [6, 6.07) is 20.0. The molecule has 12 nitrogen and oxygen atoms in total. The Morgan fingerprint density at radius 1 is 0.878 bits per heavy atom. The van der Waals surface area contributed by atoms with Crippen molar-refractivity contribution in [2.45, 2.75) is 76.8 Å².